The molecule has 1 N–H and O–H groups in total. The van der Waals surface area contributed by atoms with Gasteiger partial charge < -0.3 is 9.72 Å². The molecule has 1 heterocycles. The van der Waals surface area contributed by atoms with Crippen LogP contribution in [0.2, 0.25) is 0 Å². The fourth-order valence-corrected chi connectivity index (χ4v) is 2.55. The van der Waals surface area contributed by atoms with Crippen LogP contribution in [0.5, 0.6) is 5.75 Å². The van der Waals surface area contributed by atoms with Crippen molar-refractivity contribution in [3.63, 3.8) is 0 Å². The molecule has 0 aliphatic carbocycles. The van der Waals surface area contributed by atoms with Crippen molar-refractivity contribution in [2.24, 2.45) is 0 Å². The fraction of sp³-hybridized carbons (Fsp3) is 0.111. The monoisotopic (exact) mass is 317 g/mol. The number of aromatic amines is 1. The van der Waals surface area contributed by atoms with Crippen molar-refractivity contribution in [3.8, 4) is 5.75 Å². The average Bonchev–Trinajstić information content (AvgIpc) is 2.96. The van der Waals surface area contributed by atoms with Crippen LogP contribution in [-0.4, -0.2) is 18.3 Å². The van der Waals surface area contributed by atoms with E-state index in [1.54, 1.807) is 48.5 Å². The fourth-order valence-electron chi connectivity index (χ4n) is 2.55. The number of alkyl halides is 3. The van der Waals surface area contributed by atoms with Crippen molar-refractivity contribution in [2.45, 2.75) is 6.18 Å². The molecule has 3 rings (SSSR count). The summed E-state index contributed by atoms with van der Waals surface area (Å²) >= 11 is 0. The standard InChI is InChI=1S/C18H14F3NO/c1-23-16-9-5-8-13-14(11-22-17(13)16)15(18(19,20)21)10-12-6-3-2-4-7-12/h2-11,22H,1H3/b15-10+. The summed E-state index contributed by atoms with van der Waals surface area (Å²) in [5, 5.41) is 0.476. The molecule has 0 saturated carbocycles. The average molecular weight is 317 g/mol. The first-order valence-corrected chi connectivity index (χ1v) is 6.99. The number of methoxy groups -OCH3 is 1. The van der Waals surface area contributed by atoms with Crippen LogP contribution in [0.25, 0.3) is 22.6 Å². The molecule has 2 aromatic carbocycles. The third kappa shape index (κ3) is 2.95. The number of para-hydroxylation sites is 1. The van der Waals surface area contributed by atoms with E-state index >= 15 is 0 Å². The first kappa shape index (κ1) is 15.2. The van der Waals surface area contributed by atoms with Crippen molar-refractivity contribution in [1.82, 2.24) is 4.98 Å². The van der Waals surface area contributed by atoms with E-state index in [1.165, 1.54) is 13.3 Å². The molecule has 0 amide bonds. The van der Waals surface area contributed by atoms with Gasteiger partial charge in [-0.1, -0.05) is 42.5 Å². The molecule has 0 unspecified atom stereocenters. The number of ether oxygens (including phenoxy) is 1. The van der Waals surface area contributed by atoms with E-state index in [0.29, 0.717) is 22.2 Å². The van der Waals surface area contributed by atoms with E-state index in [-0.39, 0.29) is 5.56 Å². The van der Waals surface area contributed by atoms with Gasteiger partial charge >= 0.3 is 6.18 Å². The van der Waals surface area contributed by atoms with Gasteiger partial charge in [-0.25, -0.2) is 0 Å². The van der Waals surface area contributed by atoms with Gasteiger partial charge in [-0.05, 0) is 17.7 Å². The Hall–Kier alpha value is -2.69. The summed E-state index contributed by atoms with van der Waals surface area (Å²) in [4.78, 5) is 2.88. The molecular weight excluding hydrogens is 303 g/mol. The number of halogens is 3. The molecule has 0 fully saturated rings. The summed E-state index contributed by atoms with van der Waals surface area (Å²) in [6.45, 7) is 0. The van der Waals surface area contributed by atoms with E-state index in [0.717, 1.165) is 6.08 Å². The Balaban J connectivity index is 2.21. The maximum absolute atomic E-state index is 13.6. The van der Waals surface area contributed by atoms with Gasteiger partial charge in [0.1, 0.15) is 5.75 Å². The predicted octanol–water partition coefficient (Wildman–Crippen LogP) is 5.28. The van der Waals surface area contributed by atoms with E-state index in [2.05, 4.69) is 4.98 Å². The number of hydrogen-bond acceptors (Lipinski definition) is 1. The predicted molar refractivity (Wildman–Crippen MR) is 85.2 cm³/mol. The van der Waals surface area contributed by atoms with Crippen LogP contribution in [0.3, 0.4) is 0 Å². The molecule has 0 aliphatic heterocycles. The highest BCUT2D eigenvalue weighted by Gasteiger charge is 2.36. The molecule has 2 nitrogen and oxygen atoms in total. The minimum atomic E-state index is -4.46. The van der Waals surface area contributed by atoms with Gasteiger partial charge in [0.2, 0.25) is 0 Å². The zero-order chi connectivity index (χ0) is 16.4. The molecule has 5 heteroatoms. The van der Waals surface area contributed by atoms with Crippen LogP contribution < -0.4 is 4.74 Å². The van der Waals surface area contributed by atoms with Gasteiger partial charge in [-0.2, -0.15) is 13.2 Å². The second-order valence-electron chi connectivity index (χ2n) is 5.05. The Morgan fingerprint density at radius 1 is 1.04 bits per heavy atom. The SMILES string of the molecule is COc1cccc2c(/C(=C\c3ccccc3)C(F)(F)F)c[nH]c12. The zero-order valence-electron chi connectivity index (χ0n) is 12.3. The number of nitrogens with one attached hydrogen (secondary N) is 1. The topological polar surface area (TPSA) is 25.0 Å². The summed E-state index contributed by atoms with van der Waals surface area (Å²) in [6, 6.07) is 13.5. The van der Waals surface area contributed by atoms with E-state index in [4.69, 9.17) is 4.74 Å². The van der Waals surface area contributed by atoms with Gasteiger partial charge in [-0.3, -0.25) is 0 Å². The summed E-state index contributed by atoms with van der Waals surface area (Å²) in [5.74, 6) is 0.509. The number of hydrogen-bond donors (Lipinski definition) is 1. The van der Waals surface area contributed by atoms with E-state index in [9.17, 15) is 13.2 Å². The highest BCUT2D eigenvalue weighted by Crippen LogP contribution is 2.40. The minimum Gasteiger partial charge on any atom is -0.495 e. The van der Waals surface area contributed by atoms with Crippen LogP contribution in [0.1, 0.15) is 11.1 Å². The van der Waals surface area contributed by atoms with Gasteiger partial charge in [0.05, 0.1) is 18.2 Å². The Kier molecular flexibility index (Phi) is 3.86. The first-order valence-electron chi connectivity index (χ1n) is 6.99. The number of benzene rings is 2. The lowest BCUT2D eigenvalue weighted by Gasteiger charge is -2.12. The molecule has 3 aromatic rings. The summed E-state index contributed by atoms with van der Waals surface area (Å²) in [7, 11) is 1.49. The van der Waals surface area contributed by atoms with Crippen LogP contribution >= 0.6 is 0 Å². The largest absolute Gasteiger partial charge is 0.495 e. The maximum Gasteiger partial charge on any atom is 0.417 e. The molecule has 0 aliphatic rings. The Morgan fingerprint density at radius 2 is 1.78 bits per heavy atom. The second kappa shape index (κ2) is 5.83. The van der Waals surface area contributed by atoms with Crippen LogP contribution in [0.15, 0.2) is 54.7 Å². The molecule has 0 atom stereocenters. The van der Waals surface area contributed by atoms with E-state index < -0.39 is 11.7 Å². The molecule has 0 radical (unpaired) electrons. The minimum absolute atomic E-state index is 0.107. The lowest BCUT2D eigenvalue weighted by atomic mass is 10.0. The molecule has 118 valence electrons. The normalized spacial score (nSPS) is 12.6. The Morgan fingerprint density at radius 3 is 2.43 bits per heavy atom. The molecule has 1 aromatic heterocycles. The molecular formula is C18H14F3NO. The third-order valence-electron chi connectivity index (χ3n) is 3.60. The maximum atomic E-state index is 13.6. The lowest BCUT2D eigenvalue weighted by Crippen LogP contribution is -2.10. The zero-order valence-corrected chi connectivity index (χ0v) is 12.3. The second-order valence-corrected chi connectivity index (χ2v) is 5.05. The van der Waals surface area contributed by atoms with Crippen LogP contribution in [0.4, 0.5) is 13.2 Å². The Labute approximate surface area is 131 Å². The number of rotatable bonds is 3. The molecule has 0 saturated heterocycles. The summed E-state index contributed by atoms with van der Waals surface area (Å²) < 4.78 is 45.9. The number of H-pyrrole nitrogens is 1. The summed E-state index contributed by atoms with van der Waals surface area (Å²) in [5.41, 5.74) is 0.462. The quantitative estimate of drug-likeness (QED) is 0.698. The van der Waals surface area contributed by atoms with Gasteiger partial charge in [-0.15, -0.1) is 0 Å². The number of allylic oxidation sites excluding steroid dienone is 1. The van der Waals surface area contributed by atoms with Crippen molar-refractivity contribution < 1.29 is 17.9 Å². The smallest absolute Gasteiger partial charge is 0.417 e. The van der Waals surface area contributed by atoms with Gasteiger partial charge in [0, 0.05) is 17.1 Å². The van der Waals surface area contributed by atoms with Crippen molar-refractivity contribution in [3.05, 3.63) is 65.9 Å². The highest BCUT2D eigenvalue weighted by atomic mass is 19.4. The van der Waals surface area contributed by atoms with Crippen molar-refractivity contribution in [2.75, 3.05) is 7.11 Å². The van der Waals surface area contributed by atoms with Gasteiger partial charge in [0.25, 0.3) is 0 Å². The highest BCUT2D eigenvalue weighted by molar-refractivity contribution is 6.00. The lowest BCUT2D eigenvalue weighted by molar-refractivity contribution is -0.0682. The Bertz CT molecular complexity index is 848. The molecule has 0 spiro atoms. The number of aromatic nitrogens is 1. The third-order valence-corrected chi connectivity index (χ3v) is 3.60. The molecule has 0 bridgehead atoms. The summed E-state index contributed by atoms with van der Waals surface area (Å²) in [6.07, 6.45) is -1.94. The van der Waals surface area contributed by atoms with Gasteiger partial charge in [0.15, 0.2) is 0 Å². The van der Waals surface area contributed by atoms with Crippen LogP contribution in [0, 0.1) is 0 Å². The van der Waals surface area contributed by atoms with E-state index in [1.807, 2.05) is 0 Å². The first-order chi connectivity index (χ1) is 11.0. The van der Waals surface area contributed by atoms with Crippen LogP contribution in [-0.2, 0) is 0 Å². The number of fused-ring (bicyclic) bond motifs is 1. The van der Waals surface area contributed by atoms with Crippen molar-refractivity contribution >= 4 is 22.6 Å². The van der Waals surface area contributed by atoms with Crippen molar-refractivity contribution in [1.29, 1.82) is 0 Å². The molecule has 23 heavy (non-hydrogen) atoms.